The third kappa shape index (κ3) is 3.93. The fourth-order valence-electron chi connectivity index (χ4n) is 3.33. The first kappa shape index (κ1) is 19.7. The monoisotopic (exact) mass is 437 g/mol. The smallest absolute Gasteiger partial charge is 0.258 e. The molecule has 0 bridgehead atoms. The van der Waals surface area contributed by atoms with E-state index in [1.807, 2.05) is 4.90 Å². The molecule has 9 nitrogen and oxygen atoms in total. The molecular formula is C18H17Cl2N5O4. The number of ether oxygens (including phenoxy) is 1. The number of anilines is 3. The first-order chi connectivity index (χ1) is 13.9. The third-order valence-electron chi connectivity index (χ3n) is 4.78. The summed E-state index contributed by atoms with van der Waals surface area (Å²) in [5.41, 5.74) is -0.0721. The fraction of sp³-hybridized carbons (Fsp3) is 0.333. The summed E-state index contributed by atoms with van der Waals surface area (Å²) in [7, 11) is 0. The molecule has 0 unspecified atom stereocenters. The Bertz CT molecular complexity index is 1040. The Balaban J connectivity index is 1.66. The van der Waals surface area contributed by atoms with Crippen LogP contribution in [0.2, 0.25) is 10.0 Å². The molecule has 11 heteroatoms. The SMILES string of the molecule is O=C1C[C@@H](C(=O)Nc2cccc(Cl)c2Cl)c2c(nc(N3CCOCC3)[nH]c2=O)N1. The van der Waals surface area contributed by atoms with Gasteiger partial charge in [0.25, 0.3) is 5.56 Å². The Morgan fingerprint density at radius 1 is 1.24 bits per heavy atom. The van der Waals surface area contributed by atoms with Crippen molar-refractivity contribution in [2.45, 2.75) is 12.3 Å². The molecule has 0 spiro atoms. The standard InChI is InChI=1S/C18H17Cl2N5O4/c19-10-2-1-3-11(14(10)20)21-16(27)9-8-12(26)22-15-13(9)17(28)24-18(23-15)25-4-6-29-7-5-25/h1-3,9H,4-8H2,(H,21,27)(H2,22,23,24,26,28)/t9-/m1/s1. The van der Waals surface area contributed by atoms with Crippen molar-refractivity contribution < 1.29 is 14.3 Å². The third-order valence-corrected chi connectivity index (χ3v) is 5.59. The van der Waals surface area contributed by atoms with Gasteiger partial charge < -0.3 is 20.3 Å². The number of hydrogen-bond acceptors (Lipinski definition) is 6. The van der Waals surface area contributed by atoms with E-state index in [-0.39, 0.29) is 27.8 Å². The molecule has 0 radical (unpaired) electrons. The van der Waals surface area contributed by atoms with Gasteiger partial charge in [-0.1, -0.05) is 29.3 Å². The summed E-state index contributed by atoms with van der Waals surface area (Å²) in [6.07, 6.45) is -0.182. The van der Waals surface area contributed by atoms with Crippen molar-refractivity contribution in [2.24, 2.45) is 0 Å². The van der Waals surface area contributed by atoms with Gasteiger partial charge in [-0.3, -0.25) is 19.4 Å². The minimum absolute atomic E-state index is 0.0869. The van der Waals surface area contributed by atoms with E-state index in [2.05, 4.69) is 20.6 Å². The van der Waals surface area contributed by atoms with Crippen LogP contribution >= 0.6 is 23.2 Å². The van der Waals surface area contributed by atoms with Gasteiger partial charge in [0.05, 0.1) is 40.4 Å². The van der Waals surface area contributed by atoms with Crippen LogP contribution in [0.5, 0.6) is 0 Å². The van der Waals surface area contributed by atoms with Gasteiger partial charge in [-0.15, -0.1) is 0 Å². The Hall–Kier alpha value is -2.62. The van der Waals surface area contributed by atoms with Crippen LogP contribution in [0.25, 0.3) is 0 Å². The molecule has 0 saturated carbocycles. The van der Waals surface area contributed by atoms with Crippen LogP contribution in [0, 0.1) is 0 Å². The van der Waals surface area contributed by atoms with Crippen molar-refractivity contribution in [1.29, 1.82) is 0 Å². The Morgan fingerprint density at radius 3 is 2.76 bits per heavy atom. The largest absolute Gasteiger partial charge is 0.378 e. The van der Waals surface area contributed by atoms with E-state index in [9.17, 15) is 14.4 Å². The number of H-pyrrole nitrogens is 1. The molecule has 29 heavy (non-hydrogen) atoms. The van der Waals surface area contributed by atoms with Crippen LogP contribution in [0.3, 0.4) is 0 Å². The number of rotatable bonds is 3. The second-order valence-electron chi connectivity index (χ2n) is 6.65. The summed E-state index contributed by atoms with van der Waals surface area (Å²) >= 11 is 12.1. The summed E-state index contributed by atoms with van der Waals surface area (Å²) in [6, 6.07) is 4.80. The lowest BCUT2D eigenvalue weighted by Gasteiger charge is -2.29. The van der Waals surface area contributed by atoms with E-state index in [0.29, 0.717) is 37.9 Å². The zero-order valence-corrected chi connectivity index (χ0v) is 16.6. The van der Waals surface area contributed by atoms with Crippen LogP contribution in [0.4, 0.5) is 17.5 Å². The molecule has 3 N–H and O–H groups in total. The van der Waals surface area contributed by atoms with Gasteiger partial charge in [0.1, 0.15) is 5.82 Å². The zero-order chi connectivity index (χ0) is 20.5. The van der Waals surface area contributed by atoms with Gasteiger partial charge in [-0.25, -0.2) is 0 Å². The highest BCUT2D eigenvalue weighted by Gasteiger charge is 2.35. The maximum Gasteiger partial charge on any atom is 0.258 e. The van der Waals surface area contributed by atoms with Gasteiger partial charge >= 0.3 is 0 Å². The van der Waals surface area contributed by atoms with Crippen molar-refractivity contribution >= 4 is 52.5 Å². The molecule has 4 rings (SSSR count). The number of morpholine rings is 1. The number of nitrogens with one attached hydrogen (secondary N) is 3. The van der Waals surface area contributed by atoms with E-state index in [0.717, 1.165) is 0 Å². The normalized spacial score (nSPS) is 18.8. The second-order valence-corrected chi connectivity index (χ2v) is 7.43. The quantitative estimate of drug-likeness (QED) is 0.675. The van der Waals surface area contributed by atoms with Crippen LogP contribution in [-0.4, -0.2) is 48.1 Å². The number of carbonyl (C=O) groups is 2. The minimum Gasteiger partial charge on any atom is -0.378 e. The molecule has 2 aromatic rings. The number of aromatic amines is 1. The lowest BCUT2D eigenvalue weighted by molar-refractivity contribution is -0.123. The number of hydrogen-bond donors (Lipinski definition) is 3. The number of halogens is 2. The topological polar surface area (TPSA) is 116 Å². The highest BCUT2D eigenvalue weighted by Crippen LogP contribution is 2.33. The molecule has 1 saturated heterocycles. The lowest BCUT2D eigenvalue weighted by atomic mass is 9.92. The first-order valence-corrected chi connectivity index (χ1v) is 9.71. The number of carbonyl (C=O) groups excluding carboxylic acids is 2. The van der Waals surface area contributed by atoms with Crippen LogP contribution in [0.15, 0.2) is 23.0 Å². The van der Waals surface area contributed by atoms with Crippen molar-refractivity contribution in [3.8, 4) is 0 Å². The summed E-state index contributed by atoms with van der Waals surface area (Å²) in [5.74, 6) is -1.54. The number of aromatic nitrogens is 2. The molecule has 1 aromatic heterocycles. The summed E-state index contributed by atoms with van der Waals surface area (Å²) in [5, 5.41) is 5.70. The molecule has 1 aromatic carbocycles. The predicted molar refractivity (Wildman–Crippen MR) is 109 cm³/mol. The van der Waals surface area contributed by atoms with Crippen molar-refractivity contribution in [3.05, 3.63) is 44.2 Å². The molecule has 1 atom stereocenters. The number of fused-ring (bicyclic) bond motifs is 1. The average molecular weight is 438 g/mol. The van der Waals surface area contributed by atoms with Crippen molar-refractivity contribution in [2.75, 3.05) is 41.8 Å². The lowest BCUT2D eigenvalue weighted by Crippen LogP contribution is -2.41. The molecule has 2 aliphatic heterocycles. The van der Waals surface area contributed by atoms with E-state index in [1.165, 1.54) is 0 Å². The maximum atomic E-state index is 12.9. The minimum atomic E-state index is -1.01. The average Bonchev–Trinajstić information content (AvgIpc) is 2.71. The molecular weight excluding hydrogens is 421 g/mol. The maximum absolute atomic E-state index is 12.9. The fourth-order valence-corrected chi connectivity index (χ4v) is 3.68. The molecule has 3 heterocycles. The van der Waals surface area contributed by atoms with Crippen LogP contribution in [0.1, 0.15) is 17.9 Å². The number of benzene rings is 1. The highest BCUT2D eigenvalue weighted by atomic mass is 35.5. The van der Waals surface area contributed by atoms with Gasteiger partial charge in [-0.2, -0.15) is 4.98 Å². The van der Waals surface area contributed by atoms with Gasteiger partial charge in [0.15, 0.2) is 0 Å². The van der Waals surface area contributed by atoms with E-state index < -0.39 is 23.3 Å². The van der Waals surface area contributed by atoms with Gasteiger partial charge in [0, 0.05) is 19.5 Å². The molecule has 0 aliphatic carbocycles. The molecule has 2 amide bonds. The summed E-state index contributed by atoms with van der Waals surface area (Å²) in [6.45, 7) is 2.15. The first-order valence-electron chi connectivity index (χ1n) is 8.95. The molecule has 152 valence electrons. The van der Waals surface area contributed by atoms with E-state index in [1.54, 1.807) is 18.2 Å². The predicted octanol–water partition coefficient (Wildman–Crippen LogP) is 1.98. The van der Waals surface area contributed by atoms with Crippen molar-refractivity contribution in [3.63, 3.8) is 0 Å². The Morgan fingerprint density at radius 2 is 2.00 bits per heavy atom. The van der Waals surface area contributed by atoms with E-state index in [4.69, 9.17) is 27.9 Å². The van der Waals surface area contributed by atoms with Crippen LogP contribution in [-0.2, 0) is 14.3 Å². The molecule has 2 aliphatic rings. The Labute approximate surface area is 175 Å². The second kappa shape index (κ2) is 8.02. The van der Waals surface area contributed by atoms with Crippen molar-refractivity contribution in [1.82, 2.24) is 9.97 Å². The van der Waals surface area contributed by atoms with E-state index >= 15 is 0 Å². The number of amides is 2. The Kier molecular flexibility index (Phi) is 5.44. The highest BCUT2D eigenvalue weighted by molar-refractivity contribution is 6.44. The van der Waals surface area contributed by atoms with Crippen LogP contribution < -0.4 is 21.1 Å². The van der Waals surface area contributed by atoms with Gasteiger partial charge in [0.2, 0.25) is 17.8 Å². The summed E-state index contributed by atoms with van der Waals surface area (Å²) < 4.78 is 5.30. The molecule has 1 fully saturated rings. The zero-order valence-electron chi connectivity index (χ0n) is 15.1. The van der Waals surface area contributed by atoms with Gasteiger partial charge in [-0.05, 0) is 12.1 Å². The summed E-state index contributed by atoms with van der Waals surface area (Å²) in [4.78, 5) is 46.8. The number of nitrogens with zero attached hydrogens (tertiary/aromatic N) is 2.